The number of amides is 1. The van der Waals surface area contributed by atoms with Gasteiger partial charge in [0.05, 0.1) is 5.41 Å². The lowest BCUT2D eigenvalue weighted by molar-refractivity contribution is -0.151. The van der Waals surface area contributed by atoms with Crippen LogP contribution in [0.3, 0.4) is 0 Å². The maximum atomic E-state index is 12.0. The Bertz CT molecular complexity index is 403. The van der Waals surface area contributed by atoms with Crippen LogP contribution in [0.2, 0.25) is 0 Å². The predicted octanol–water partition coefficient (Wildman–Crippen LogP) is 3.08. The topological polar surface area (TPSA) is 75.6 Å². The van der Waals surface area contributed by atoms with E-state index in [9.17, 15) is 14.7 Å². The average molecular weight is 283 g/mol. The maximum Gasteiger partial charge on any atom is 0.408 e. The molecule has 0 aromatic heterocycles. The second-order valence-electron chi connectivity index (χ2n) is 7.35. The lowest BCUT2D eigenvalue weighted by Gasteiger charge is -2.41. The number of carboxylic acids is 1. The number of ether oxygens (including phenoxy) is 1. The van der Waals surface area contributed by atoms with Crippen molar-refractivity contribution in [2.24, 2.45) is 5.41 Å². The van der Waals surface area contributed by atoms with Gasteiger partial charge in [0.25, 0.3) is 0 Å². The van der Waals surface area contributed by atoms with E-state index >= 15 is 0 Å². The normalized spacial score (nSPS) is 33.4. The highest BCUT2D eigenvalue weighted by Crippen LogP contribution is 2.50. The first kappa shape index (κ1) is 15.1. The number of hydrogen-bond donors (Lipinski definition) is 2. The number of nitrogens with one attached hydrogen (secondary N) is 1. The van der Waals surface area contributed by atoms with Gasteiger partial charge in [-0.2, -0.15) is 0 Å². The highest BCUT2D eigenvalue weighted by atomic mass is 16.6. The van der Waals surface area contributed by atoms with E-state index in [1.54, 1.807) is 0 Å². The van der Waals surface area contributed by atoms with Crippen LogP contribution in [-0.4, -0.2) is 28.3 Å². The van der Waals surface area contributed by atoms with Crippen LogP contribution in [0.25, 0.3) is 0 Å². The van der Waals surface area contributed by atoms with Crippen molar-refractivity contribution >= 4 is 12.1 Å². The van der Waals surface area contributed by atoms with E-state index in [2.05, 4.69) is 5.32 Å². The minimum atomic E-state index is -0.676. The minimum absolute atomic E-state index is 0.266. The highest BCUT2D eigenvalue weighted by Gasteiger charge is 2.50. The molecule has 1 amide bonds. The first-order valence-corrected chi connectivity index (χ1v) is 7.41. The molecule has 20 heavy (non-hydrogen) atoms. The molecule has 0 unspecified atom stereocenters. The summed E-state index contributed by atoms with van der Waals surface area (Å²) in [6, 6.07) is 0. The van der Waals surface area contributed by atoms with Crippen molar-refractivity contribution < 1.29 is 19.4 Å². The van der Waals surface area contributed by atoms with Crippen molar-refractivity contribution in [1.29, 1.82) is 0 Å². The Hall–Kier alpha value is -1.26. The van der Waals surface area contributed by atoms with Gasteiger partial charge in [-0.1, -0.05) is 0 Å². The fraction of sp³-hybridized carbons (Fsp3) is 0.867. The van der Waals surface area contributed by atoms with E-state index in [-0.39, 0.29) is 11.6 Å². The molecular weight excluding hydrogens is 258 g/mol. The summed E-state index contributed by atoms with van der Waals surface area (Å²) in [6.45, 7) is 5.52. The van der Waals surface area contributed by atoms with Gasteiger partial charge >= 0.3 is 12.1 Å². The van der Waals surface area contributed by atoms with Crippen molar-refractivity contribution in [3.8, 4) is 0 Å². The fourth-order valence-corrected chi connectivity index (χ4v) is 3.50. The lowest BCUT2D eigenvalue weighted by Crippen LogP contribution is -2.52. The van der Waals surface area contributed by atoms with Gasteiger partial charge in [0.15, 0.2) is 0 Å². The summed E-state index contributed by atoms with van der Waals surface area (Å²) in [5, 5.41) is 12.5. The Morgan fingerprint density at radius 2 is 1.65 bits per heavy atom. The average Bonchev–Trinajstić information content (AvgIpc) is 2.57. The number of alkyl carbamates (subject to hydrolysis) is 1. The Morgan fingerprint density at radius 1 is 1.05 bits per heavy atom. The van der Waals surface area contributed by atoms with Crippen molar-refractivity contribution in [1.82, 2.24) is 5.32 Å². The monoisotopic (exact) mass is 283 g/mol. The summed E-state index contributed by atoms with van der Waals surface area (Å²) >= 11 is 0. The summed E-state index contributed by atoms with van der Waals surface area (Å²) in [5.74, 6) is -0.676. The number of hydrogen-bond acceptors (Lipinski definition) is 3. The summed E-state index contributed by atoms with van der Waals surface area (Å²) < 4.78 is 5.33. The zero-order chi connectivity index (χ0) is 15.0. The number of rotatable bonds is 2. The largest absolute Gasteiger partial charge is 0.481 e. The molecule has 0 aromatic rings. The van der Waals surface area contributed by atoms with Crippen LogP contribution in [0.4, 0.5) is 4.79 Å². The van der Waals surface area contributed by atoms with E-state index in [1.165, 1.54) is 0 Å². The van der Waals surface area contributed by atoms with Crippen molar-refractivity contribution in [2.75, 3.05) is 0 Å². The summed E-state index contributed by atoms with van der Waals surface area (Å²) in [4.78, 5) is 23.5. The van der Waals surface area contributed by atoms with Gasteiger partial charge in [0, 0.05) is 5.54 Å². The molecule has 3 saturated carbocycles. The second kappa shape index (κ2) is 4.93. The quantitative estimate of drug-likeness (QED) is 0.816. The molecule has 114 valence electrons. The van der Waals surface area contributed by atoms with E-state index < -0.39 is 17.0 Å². The van der Waals surface area contributed by atoms with Crippen LogP contribution >= 0.6 is 0 Å². The second-order valence-corrected chi connectivity index (χ2v) is 7.35. The van der Waals surface area contributed by atoms with Gasteiger partial charge in [-0.3, -0.25) is 4.79 Å². The maximum absolute atomic E-state index is 12.0. The smallest absolute Gasteiger partial charge is 0.408 e. The molecule has 3 fully saturated rings. The Balaban J connectivity index is 2.03. The SMILES string of the molecule is CC(C)(C)OC(=O)NC12CCCC(C(=O)O)(CC1)CC2. The van der Waals surface area contributed by atoms with Crippen molar-refractivity contribution in [2.45, 2.75) is 76.9 Å². The molecule has 0 aromatic carbocycles. The molecule has 3 aliphatic carbocycles. The van der Waals surface area contributed by atoms with Crippen LogP contribution in [0.1, 0.15) is 65.7 Å². The van der Waals surface area contributed by atoms with Crippen LogP contribution < -0.4 is 5.32 Å². The molecule has 5 nitrogen and oxygen atoms in total. The zero-order valence-electron chi connectivity index (χ0n) is 12.6. The van der Waals surface area contributed by atoms with E-state index in [4.69, 9.17) is 4.74 Å². The molecule has 5 heteroatoms. The van der Waals surface area contributed by atoms with E-state index in [0.29, 0.717) is 12.8 Å². The Kier molecular flexibility index (Phi) is 3.73. The van der Waals surface area contributed by atoms with Crippen molar-refractivity contribution in [3.63, 3.8) is 0 Å². The Labute approximate surface area is 120 Å². The van der Waals surface area contributed by atoms with Crippen LogP contribution in [-0.2, 0) is 9.53 Å². The standard InChI is InChI=1S/C15H25NO4/c1-13(2,3)20-12(19)16-15-6-4-5-14(7-9-15,8-10-15)11(17)18/h4-10H2,1-3H3,(H,16,19)(H,17,18). The number of fused-ring (bicyclic) bond motifs is 4. The molecule has 0 saturated heterocycles. The Morgan fingerprint density at radius 3 is 2.15 bits per heavy atom. The third-order valence-electron chi connectivity index (χ3n) is 4.69. The summed E-state index contributed by atoms with van der Waals surface area (Å²) in [6.07, 6.45) is 4.80. The molecule has 0 atom stereocenters. The third kappa shape index (κ3) is 3.07. The molecule has 0 aliphatic heterocycles. The number of carbonyl (C=O) groups excluding carboxylic acids is 1. The van der Waals surface area contributed by atoms with Crippen LogP contribution in [0.5, 0.6) is 0 Å². The van der Waals surface area contributed by atoms with Crippen molar-refractivity contribution in [3.05, 3.63) is 0 Å². The molecule has 3 rings (SSSR count). The number of carbonyl (C=O) groups is 2. The fourth-order valence-electron chi connectivity index (χ4n) is 3.50. The molecule has 0 spiro atoms. The van der Waals surface area contributed by atoms with Crippen LogP contribution in [0.15, 0.2) is 0 Å². The molecule has 3 aliphatic rings. The van der Waals surface area contributed by atoms with Gasteiger partial charge < -0.3 is 15.2 Å². The predicted molar refractivity (Wildman–Crippen MR) is 74.5 cm³/mol. The van der Waals surface area contributed by atoms with Gasteiger partial charge in [0.2, 0.25) is 0 Å². The highest BCUT2D eigenvalue weighted by molar-refractivity contribution is 5.75. The summed E-state index contributed by atoms with van der Waals surface area (Å²) in [5.41, 5.74) is -1.33. The number of aliphatic carboxylic acids is 1. The molecular formula is C15H25NO4. The van der Waals surface area contributed by atoms with E-state index in [0.717, 1.165) is 32.1 Å². The van der Waals surface area contributed by atoms with Gasteiger partial charge in [-0.05, 0) is 65.7 Å². The first-order chi connectivity index (χ1) is 9.17. The minimum Gasteiger partial charge on any atom is -0.481 e. The van der Waals surface area contributed by atoms with Gasteiger partial charge in [0.1, 0.15) is 5.60 Å². The summed E-state index contributed by atoms with van der Waals surface area (Å²) in [7, 11) is 0. The molecule has 2 bridgehead atoms. The number of carboxylic acid groups (broad SMARTS) is 1. The molecule has 0 heterocycles. The first-order valence-electron chi connectivity index (χ1n) is 7.41. The van der Waals surface area contributed by atoms with E-state index in [1.807, 2.05) is 20.8 Å². The zero-order valence-corrected chi connectivity index (χ0v) is 12.6. The molecule has 0 radical (unpaired) electrons. The third-order valence-corrected chi connectivity index (χ3v) is 4.69. The van der Waals surface area contributed by atoms with Gasteiger partial charge in [-0.25, -0.2) is 4.79 Å². The van der Waals surface area contributed by atoms with Gasteiger partial charge in [-0.15, -0.1) is 0 Å². The van der Waals surface area contributed by atoms with Crippen LogP contribution in [0, 0.1) is 5.41 Å². The molecule has 2 N–H and O–H groups in total. The lowest BCUT2D eigenvalue weighted by atomic mass is 9.69.